The van der Waals surface area contributed by atoms with E-state index in [0.29, 0.717) is 11.4 Å². The number of rotatable bonds is 4. The van der Waals surface area contributed by atoms with Crippen LogP contribution in [0.4, 0.5) is 0 Å². The van der Waals surface area contributed by atoms with E-state index in [-0.39, 0.29) is 6.04 Å². The normalized spacial score (nSPS) is 18.9. The summed E-state index contributed by atoms with van der Waals surface area (Å²) in [5.41, 5.74) is 2.78. The molecule has 2 atom stereocenters. The molecule has 1 fully saturated rings. The Morgan fingerprint density at radius 1 is 1.12 bits per heavy atom. The van der Waals surface area contributed by atoms with E-state index in [1.54, 1.807) is 0 Å². The smallest absolute Gasteiger partial charge is 0.320 e. The van der Waals surface area contributed by atoms with Crippen LogP contribution in [0.15, 0.2) is 60.7 Å². The molecule has 4 nitrogen and oxygen atoms in total. The van der Waals surface area contributed by atoms with Crippen LogP contribution < -0.4 is 0 Å². The van der Waals surface area contributed by atoms with Gasteiger partial charge in [-0.1, -0.05) is 48.0 Å². The highest BCUT2D eigenvalue weighted by atomic mass is 35.5. The van der Waals surface area contributed by atoms with Gasteiger partial charge in [0.05, 0.1) is 17.3 Å². The largest absolute Gasteiger partial charge is 0.480 e. The number of hydrogen-bond donors (Lipinski definition) is 1. The van der Waals surface area contributed by atoms with Crippen LogP contribution in [0, 0.1) is 0 Å². The van der Waals surface area contributed by atoms with Gasteiger partial charge >= 0.3 is 5.97 Å². The van der Waals surface area contributed by atoms with Crippen LogP contribution in [0.1, 0.15) is 30.1 Å². The van der Waals surface area contributed by atoms with Gasteiger partial charge in [-0.05, 0) is 42.7 Å². The van der Waals surface area contributed by atoms with Crippen LogP contribution in [-0.4, -0.2) is 33.5 Å². The Hall–Kier alpha value is -2.43. The van der Waals surface area contributed by atoms with Crippen LogP contribution in [-0.2, 0) is 4.79 Å². The quantitative estimate of drug-likeness (QED) is 0.737. The lowest BCUT2D eigenvalue weighted by Gasteiger charge is -2.31. The number of hydrogen-bond acceptors (Lipinski definition) is 3. The molecule has 3 aromatic rings. The van der Waals surface area contributed by atoms with Gasteiger partial charge in [0.1, 0.15) is 6.04 Å². The monoisotopic (exact) mass is 366 g/mol. The molecule has 4 rings (SSSR count). The van der Waals surface area contributed by atoms with Crippen molar-refractivity contribution < 1.29 is 9.90 Å². The molecule has 0 aliphatic carbocycles. The van der Waals surface area contributed by atoms with Crippen LogP contribution in [0.2, 0.25) is 5.02 Å². The Morgan fingerprint density at radius 3 is 2.65 bits per heavy atom. The van der Waals surface area contributed by atoms with Crippen LogP contribution in [0.25, 0.3) is 10.9 Å². The van der Waals surface area contributed by atoms with Crippen molar-refractivity contribution in [3.8, 4) is 0 Å². The van der Waals surface area contributed by atoms with Gasteiger partial charge in [0.15, 0.2) is 0 Å². The van der Waals surface area contributed by atoms with E-state index in [2.05, 4.69) is 0 Å². The van der Waals surface area contributed by atoms with E-state index in [0.717, 1.165) is 35.1 Å². The number of benzene rings is 2. The molecule has 1 N–H and O–H groups in total. The fourth-order valence-corrected chi connectivity index (χ4v) is 3.90. The summed E-state index contributed by atoms with van der Waals surface area (Å²) in [6.45, 7) is 0.735. The van der Waals surface area contributed by atoms with Crippen molar-refractivity contribution in [3.63, 3.8) is 0 Å². The molecule has 132 valence electrons. The highest BCUT2D eigenvalue weighted by molar-refractivity contribution is 6.30. The zero-order valence-electron chi connectivity index (χ0n) is 14.2. The van der Waals surface area contributed by atoms with Gasteiger partial charge in [0.2, 0.25) is 0 Å². The molecule has 1 aliphatic rings. The van der Waals surface area contributed by atoms with E-state index in [1.165, 1.54) is 0 Å². The topological polar surface area (TPSA) is 53.4 Å². The van der Waals surface area contributed by atoms with E-state index in [9.17, 15) is 9.90 Å². The van der Waals surface area contributed by atoms with Crippen molar-refractivity contribution in [2.24, 2.45) is 0 Å². The minimum absolute atomic E-state index is 0.208. The zero-order valence-corrected chi connectivity index (χ0v) is 14.9. The van der Waals surface area contributed by atoms with Gasteiger partial charge in [-0.25, -0.2) is 0 Å². The lowest BCUT2D eigenvalue weighted by atomic mass is 9.99. The fraction of sp³-hybridized carbons (Fsp3) is 0.238. The van der Waals surface area contributed by atoms with Crippen molar-refractivity contribution in [2.75, 3.05) is 6.54 Å². The van der Waals surface area contributed by atoms with Crippen molar-refractivity contribution >= 4 is 28.5 Å². The standard InChI is InChI=1S/C21H19ClN2O2/c22-16-10-7-15(8-11-16)20(24-13-3-6-19(24)21(25)26)18-12-9-14-4-1-2-5-17(14)23-18/h1-2,4-5,7-12,19-20H,3,6,13H2,(H,25,26). The van der Waals surface area contributed by atoms with Crippen molar-refractivity contribution in [3.05, 3.63) is 76.9 Å². The SMILES string of the molecule is O=C(O)C1CCCN1C(c1ccc(Cl)cc1)c1ccc2ccccc2n1. The van der Waals surface area contributed by atoms with Gasteiger partial charge in [0, 0.05) is 17.0 Å². The lowest BCUT2D eigenvalue weighted by molar-refractivity contribution is -0.142. The number of pyridine rings is 1. The molecule has 1 saturated heterocycles. The summed E-state index contributed by atoms with van der Waals surface area (Å²) in [6.07, 6.45) is 1.53. The minimum atomic E-state index is -0.776. The molecular formula is C21H19ClN2O2. The molecule has 2 unspecified atom stereocenters. The number of aliphatic carboxylic acids is 1. The fourth-order valence-electron chi connectivity index (χ4n) is 3.77. The molecule has 0 radical (unpaired) electrons. The minimum Gasteiger partial charge on any atom is -0.480 e. The number of carboxylic acids is 1. The highest BCUT2D eigenvalue weighted by Gasteiger charge is 2.37. The summed E-state index contributed by atoms with van der Waals surface area (Å²) in [5.74, 6) is -0.776. The van der Waals surface area contributed by atoms with E-state index in [4.69, 9.17) is 16.6 Å². The molecule has 2 aromatic carbocycles. The Morgan fingerprint density at radius 2 is 1.88 bits per heavy atom. The molecule has 0 spiro atoms. The number of likely N-dealkylation sites (tertiary alicyclic amines) is 1. The maximum atomic E-state index is 11.8. The second-order valence-corrected chi connectivity index (χ2v) is 7.05. The van der Waals surface area contributed by atoms with E-state index >= 15 is 0 Å². The first-order valence-corrected chi connectivity index (χ1v) is 9.11. The highest BCUT2D eigenvalue weighted by Crippen LogP contribution is 2.35. The Bertz CT molecular complexity index is 942. The van der Waals surface area contributed by atoms with Gasteiger partial charge in [-0.15, -0.1) is 0 Å². The molecule has 0 saturated carbocycles. The molecule has 0 bridgehead atoms. The second kappa shape index (κ2) is 7.06. The number of nitrogens with zero attached hydrogens (tertiary/aromatic N) is 2. The predicted molar refractivity (Wildman–Crippen MR) is 102 cm³/mol. The molecule has 1 aromatic heterocycles. The number of aromatic nitrogens is 1. The first-order valence-electron chi connectivity index (χ1n) is 8.73. The zero-order chi connectivity index (χ0) is 18.1. The number of carbonyl (C=O) groups is 1. The van der Waals surface area contributed by atoms with Gasteiger partial charge in [-0.3, -0.25) is 14.7 Å². The number of carboxylic acid groups (broad SMARTS) is 1. The van der Waals surface area contributed by atoms with Gasteiger partial charge < -0.3 is 5.11 Å². The summed E-state index contributed by atoms with van der Waals surface area (Å²) < 4.78 is 0. The maximum Gasteiger partial charge on any atom is 0.320 e. The van der Waals surface area contributed by atoms with E-state index < -0.39 is 12.0 Å². The van der Waals surface area contributed by atoms with Gasteiger partial charge in [-0.2, -0.15) is 0 Å². The third-order valence-electron chi connectivity index (χ3n) is 5.00. The number of halogens is 1. The summed E-state index contributed by atoms with van der Waals surface area (Å²) in [7, 11) is 0. The van der Waals surface area contributed by atoms with Gasteiger partial charge in [0.25, 0.3) is 0 Å². The molecule has 2 heterocycles. The molecule has 1 aliphatic heterocycles. The van der Waals surface area contributed by atoms with Crippen LogP contribution >= 0.6 is 11.6 Å². The van der Waals surface area contributed by atoms with Crippen molar-refractivity contribution in [1.82, 2.24) is 9.88 Å². The number of para-hydroxylation sites is 1. The van der Waals surface area contributed by atoms with Crippen LogP contribution in [0.3, 0.4) is 0 Å². The molecule has 26 heavy (non-hydrogen) atoms. The summed E-state index contributed by atoms with van der Waals surface area (Å²) in [6, 6.07) is 18.9. The molecular weight excluding hydrogens is 348 g/mol. The Labute approximate surface area is 157 Å². The molecule has 5 heteroatoms. The summed E-state index contributed by atoms with van der Waals surface area (Å²) in [5, 5.41) is 11.4. The first-order chi connectivity index (χ1) is 12.6. The second-order valence-electron chi connectivity index (χ2n) is 6.62. The average Bonchev–Trinajstić information content (AvgIpc) is 3.13. The number of fused-ring (bicyclic) bond motifs is 1. The third kappa shape index (κ3) is 3.18. The Kier molecular flexibility index (Phi) is 4.62. The van der Waals surface area contributed by atoms with Crippen LogP contribution in [0.5, 0.6) is 0 Å². The average molecular weight is 367 g/mol. The maximum absolute atomic E-state index is 11.8. The predicted octanol–water partition coefficient (Wildman–Crippen LogP) is 4.53. The lowest BCUT2D eigenvalue weighted by Crippen LogP contribution is -2.39. The third-order valence-corrected chi connectivity index (χ3v) is 5.25. The Balaban J connectivity index is 1.83. The van der Waals surface area contributed by atoms with E-state index in [1.807, 2.05) is 65.6 Å². The summed E-state index contributed by atoms with van der Waals surface area (Å²) >= 11 is 6.06. The molecule has 0 amide bonds. The first kappa shape index (κ1) is 17.0. The summed E-state index contributed by atoms with van der Waals surface area (Å²) in [4.78, 5) is 18.7. The van der Waals surface area contributed by atoms with Crippen molar-refractivity contribution in [1.29, 1.82) is 0 Å². The van der Waals surface area contributed by atoms with Crippen molar-refractivity contribution in [2.45, 2.75) is 24.9 Å².